The van der Waals surface area contributed by atoms with Crippen LogP contribution in [0, 0.1) is 10.7 Å². The van der Waals surface area contributed by atoms with E-state index >= 15 is 0 Å². The fraction of sp³-hybridized carbons (Fsp3) is 0.938. The summed E-state index contributed by atoms with van der Waals surface area (Å²) in [6, 6.07) is 1.30. The molecule has 0 aromatic heterocycles. The summed E-state index contributed by atoms with van der Waals surface area (Å²) < 4.78 is 6.04. The highest BCUT2D eigenvalue weighted by Crippen LogP contribution is 2.19. The molecule has 0 saturated carbocycles. The predicted octanol–water partition coefficient (Wildman–Crippen LogP) is 5.95. The van der Waals surface area contributed by atoms with Gasteiger partial charge in [-0.2, -0.15) is 5.26 Å². The lowest BCUT2D eigenvalue weighted by molar-refractivity contribution is 0.230. The average molecular weight is 316 g/mol. The Balaban J connectivity index is 3.26. The molecule has 0 N–H and O–H groups in total. The maximum absolute atomic E-state index is 8.40. The summed E-state index contributed by atoms with van der Waals surface area (Å²) >= 11 is 1.39. The first kappa shape index (κ1) is 20.0. The summed E-state index contributed by atoms with van der Waals surface area (Å²) in [5.41, 5.74) is 0. The van der Waals surface area contributed by atoms with Crippen LogP contribution in [0.5, 0.6) is 0 Å². The van der Waals surface area contributed by atoms with Gasteiger partial charge in [-0.05, 0) is 51.2 Å². The zero-order valence-electron chi connectivity index (χ0n) is 13.9. The minimum Gasteiger partial charge on any atom is -0.415 e. The first-order chi connectivity index (χ1) is 9.48. The Morgan fingerprint density at radius 3 is 1.95 bits per heavy atom. The Morgan fingerprint density at radius 1 is 0.950 bits per heavy atom. The molecule has 0 unspecified atom stereocenters. The summed E-state index contributed by atoms with van der Waals surface area (Å²) in [6.07, 6.45) is 11.0. The van der Waals surface area contributed by atoms with E-state index in [1.54, 1.807) is 0 Å². The zero-order valence-corrected chi connectivity index (χ0v) is 15.7. The second-order valence-electron chi connectivity index (χ2n) is 6.44. The van der Waals surface area contributed by atoms with Crippen molar-refractivity contribution in [3.8, 4) is 5.40 Å². The molecule has 4 heteroatoms. The van der Waals surface area contributed by atoms with Gasteiger partial charge in [0, 0.05) is 11.9 Å². The maximum atomic E-state index is 8.40. The highest BCUT2D eigenvalue weighted by molar-refractivity contribution is 8.03. The molecule has 2 nitrogen and oxygen atoms in total. The van der Waals surface area contributed by atoms with Gasteiger partial charge in [0.15, 0.2) is 8.32 Å². The van der Waals surface area contributed by atoms with Crippen LogP contribution in [0.3, 0.4) is 0 Å². The molecule has 0 aliphatic heterocycles. The van der Waals surface area contributed by atoms with Gasteiger partial charge in [-0.1, -0.05) is 44.9 Å². The minimum absolute atomic E-state index is 0.385. The van der Waals surface area contributed by atoms with E-state index < -0.39 is 8.32 Å². The predicted molar refractivity (Wildman–Crippen MR) is 93.5 cm³/mol. The largest absolute Gasteiger partial charge is 0.415 e. The van der Waals surface area contributed by atoms with E-state index in [-0.39, 0.29) is 0 Å². The van der Waals surface area contributed by atoms with Gasteiger partial charge in [0.2, 0.25) is 0 Å². The van der Waals surface area contributed by atoms with Crippen LogP contribution in [0.1, 0.15) is 65.2 Å². The lowest BCUT2D eigenvalue weighted by Gasteiger charge is -2.25. The number of hydrogen-bond acceptors (Lipinski definition) is 3. The Hall–Kier alpha value is 0.0169. The molecule has 20 heavy (non-hydrogen) atoms. The van der Waals surface area contributed by atoms with E-state index in [0.717, 1.165) is 5.75 Å². The first-order valence-corrected chi connectivity index (χ1v) is 12.3. The van der Waals surface area contributed by atoms with Gasteiger partial charge >= 0.3 is 0 Å². The van der Waals surface area contributed by atoms with Crippen LogP contribution >= 0.6 is 11.8 Å². The van der Waals surface area contributed by atoms with Crippen molar-refractivity contribution in [3.63, 3.8) is 0 Å². The summed E-state index contributed by atoms with van der Waals surface area (Å²) in [5, 5.41) is 10.5. The van der Waals surface area contributed by atoms with Crippen molar-refractivity contribution in [3.05, 3.63) is 0 Å². The van der Waals surface area contributed by atoms with Gasteiger partial charge in [0.25, 0.3) is 0 Å². The van der Waals surface area contributed by atoms with Crippen molar-refractivity contribution in [2.24, 2.45) is 0 Å². The first-order valence-electron chi connectivity index (χ1n) is 8.16. The van der Waals surface area contributed by atoms with Crippen molar-refractivity contribution in [2.45, 2.75) is 90.5 Å². The van der Waals surface area contributed by atoms with Gasteiger partial charge in [0.1, 0.15) is 5.40 Å². The van der Waals surface area contributed by atoms with Crippen LogP contribution in [0.4, 0.5) is 0 Å². The zero-order chi connectivity index (χ0) is 15.3. The molecule has 0 fully saturated rings. The fourth-order valence-electron chi connectivity index (χ4n) is 2.53. The van der Waals surface area contributed by atoms with Gasteiger partial charge in [-0.25, -0.2) is 0 Å². The summed E-state index contributed by atoms with van der Waals surface area (Å²) in [7, 11) is -1.39. The number of nitrogens with zero attached hydrogens (tertiary/aromatic N) is 1. The van der Waals surface area contributed by atoms with E-state index in [2.05, 4.69) is 32.3 Å². The molecule has 0 aromatic rings. The minimum atomic E-state index is -1.39. The highest BCUT2D eigenvalue weighted by atomic mass is 32.2. The Labute approximate surface area is 131 Å². The number of unbranched alkanes of at least 4 members (excludes halogenated alkanes) is 7. The Bertz CT molecular complexity index is 264. The van der Waals surface area contributed by atoms with Crippen molar-refractivity contribution < 1.29 is 4.43 Å². The third-order valence-electron chi connectivity index (χ3n) is 3.39. The van der Waals surface area contributed by atoms with E-state index in [4.69, 9.17) is 9.69 Å². The lowest BCUT2D eigenvalue weighted by Crippen LogP contribution is -2.33. The van der Waals surface area contributed by atoms with E-state index in [1.165, 1.54) is 69.2 Å². The summed E-state index contributed by atoms with van der Waals surface area (Å²) in [5.74, 6) is 1.01. The number of nitriles is 1. The van der Waals surface area contributed by atoms with Gasteiger partial charge in [0.05, 0.1) is 0 Å². The van der Waals surface area contributed by atoms with E-state index in [1.807, 2.05) is 0 Å². The third kappa shape index (κ3) is 14.4. The van der Waals surface area contributed by atoms with Crippen molar-refractivity contribution >= 4 is 20.1 Å². The van der Waals surface area contributed by atoms with Crippen LogP contribution in [-0.2, 0) is 4.43 Å². The second-order valence-corrected chi connectivity index (χ2v) is 11.6. The molecule has 0 spiro atoms. The quantitative estimate of drug-likeness (QED) is 0.239. The topological polar surface area (TPSA) is 33.0 Å². The van der Waals surface area contributed by atoms with Crippen LogP contribution in [0.25, 0.3) is 0 Å². The van der Waals surface area contributed by atoms with Crippen LogP contribution in [0.15, 0.2) is 0 Å². The Morgan fingerprint density at radius 2 is 1.45 bits per heavy atom. The molecule has 0 aliphatic rings. The number of thioether (sulfide) groups is 1. The third-order valence-corrected chi connectivity index (χ3v) is 6.68. The molecule has 0 saturated heterocycles. The van der Waals surface area contributed by atoms with Gasteiger partial charge in [-0.3, -0.25) is 0 Å². The number of rotatable bonds is 13. The smallest absolute Gasteiger partial charge is 0.187 e. The van der Waals surface area contributed by atoms with E-state index in [0.29, 0.717) is 6.10 Å². The van der Waals surface area contributed by atoms with Crippen molar-refractivity contribution in [1.82, 2.24) is 0 Å². The SMILES string of the molecule is CC(C)O[Si](C)(C)CCCCCCCCCCSC#N. The Kier molecular flexibility index (Phi) is 12.7. The molecule has 0 bridgehead atoms. The molecular formula is C16H33NOSSi. The van der Waals surface area contributed by atoms with Crippen molar-refractivity contribution in [1.29, 1.82) is 5.26 Å². The van der Waals surface area contributed by atoms with Crippen LogP contribution in [-0.4, -0.2) is 20.2 Å². The molecule has 0 atom stereocenters. The fourth-order valence-corrected chi connectivity index (χ4v) is 5.46. The van der Waals surface area contributed by atoms with Crippen molar-refractivity contribution in [2.75, 3.05) is 5.75 Å². The standard InChI is InChI=1S/C16H33NOSSi/c1-16(2)18-20(3,4)14-12-10-8-6-5-7-9-11-13-19-15-17/h16H,5-14H2,1-4H3. The van der Waals surface area contributed by atoms with Gasteiger partial charge in [-0.15, -0.1) is 0 Å². The highest BCUT2D eigenvalue weighted by Gasteiger charge is 2.22. The molecule has 118 valence electrons. The van der Waals surface area contributed by atoms with Crippen LogP contribution < -0.4 is 0 Å². The molecule has 0 amide bonds. The molecule has 0 aliphatic carbocycles. The van der Waals surface area contributed by atoms with E-state index in [9.17, 15) is 0 Å². The number of hydrogen-bond donors (Lipinski definition) is 0. The lowest BCUT2D eigenvalue weighted by atomic mass is 10.1. The summed E-state index contributed by atoms with van der Waals surface area (Å²) in [6.45, 7) is 8.96. The van der Waals surface area contributed by atoms with Gasteiger partial charge < -0.3 is 4.43 Å². The molecule has 0 rings (SSSR count). The molecule has 0 aromatic carbocycles. The second kappa shape index (κ2) is 12.7. The molecule has 0 heterocycles. The summed E-state index contributed by atoms with van der Waals surface area (Å²) in [4.78, 5) is 0. The normalized spacial score (nSPS) is 11.8. The molecular weight excluding hydrogens is 282 g/mol. The van der Waals surface area contributed by atoms with Crippen LogP contribution in [0.2, 0.25) is 19.1 Å². The average Bonchev–Trinajstić information content (AvgIpc) is 2.34. The number of thiocyanates is 1. The molecule has 0 radical (unpaired) electrons. The monoisotopic (exact) mass is 315 g/mol. The maximum Gasteiger partial charge on any atom is 0.187 e.